The summed E-state index contributed by atoms with van der Waals surface area (Å²) in [6.07, 6.45) is 94.3. The van der Waals surface area contributed by atoms with Crippen molar-refractivity contribution in [3.8, 4) is 0 Å². The summed E-state index contributed by atoms with van der Waals surface area (Å²) < 4.78 is 17.0. The van der Waals surface area contributed by atoms with E-state index in [1.165, 1.54) is 199 Å². The first-order chi connectivity index (χ1) is 40.5. The molecule has 0 N–H and O–H groups in total. The molecule has 0 fully saturated rings. The molecular formula is C76H132O6. The van der Waals surface area contributed by atoms with Crippen LogP contribution in [0.15, 0.2) is 97.2 Å². The summed E-state index contributed by atoms with van der Waals surface area (Å²) in [5, 5.41) is 0. The molecule has 1 atom stereocenters. The highest BCUT2D eigenvalue weighted by molar-refractivity contribution is 5.71. The lowest BCUT2D eigenvalue weighted by Gasteiger charge is -2.18. The zero-order valence-corrected chi connectivity index (χ0v) is 54.2. The Morgan fingerprint density at radius 2 is 0.488 bits per heavy atom. The quantitative estimate of drug-likeness (QED) is 0.0261. The maximum absolute atomic E-state index is 13.0. The van der Waals surface area contributed by atoms with Crippen molar-refractivity contribution in [3.63, 3.8) is 0 Å². The average Bonchev–Trinajstić information content (AvgIpc) is 3.48. The molecule has 0 amide bonds. The van der Waals surface area contributed by atoms with Crippen molar-refractivity contribution in [2.75, 3.05) is 13.2 Å². The van der Waals surface area contributed by atoms with Crippen LogP contribution in [-0.2, 0) is 28.6 Å². The minimum Gasteiger partial charge on any atom is -0.462 e. The van der Waals surface area contributed by atoms with E-state index < -0.39 is 6.10 Å². The van der Waals surface area contributed by atoms with Crippen LogP contribution in [0.1, 0.15) is 348 Å². The number of ether oxygens (including phenoxy) is 3. The zero-order chi connectivity index (χ0) is 59.2. The predicted molar refractivity (Wildman–Crippen MR) is 357 cm³/mol. The molecule has 82 heavy (non-hydrogen) atoms. The van der Waals surface area contributed by atoms with E-state index in [4.69, 9.17) is 14.2 Å². The number of hydrogen-bond donors (Lipinski definition) is 0. The third-order valence-electron chi connectivity index (χ3n) is 15.3. The summed E-state index contributed by atoms with van der Waals surface area (Å²) in [6, 6.07) is 0. The van der Waals surface area contributed by atoms with Gasteiger partial charge in [0.25, 0.3) is 0 Å². The molecule has 6 heteroatoms. The van der Waals surface area contributed by atoms with Gasteiger partial charge in [-0.2, -0.15) is 0 Å². The second-order valence-electron chi connectivity index (χ2n) is 23.4. The molecule has 0 aromatic heterocycles. The number of esters is 3. The molecule has 0 aliphatic heterocycles. The van der Waals surface area contributed by atoms with E-state index in [1.807, 2.05) is 0 Å². The molecule has 0 heterocycles. The Bertz CT molecular complexity index is 1590. The maximum atomic E-state index is 13.0. The summed E-state index contributed by atoms with van der Waals surface area (Å²) in [6.45, 7) is 6.50. The summed E-state index contributed by atoms with van der Waals surface area (Å²) in [7, 11) is 0. The second-order valence-corrected chi connectivity index (χ2v) is 23.4. The number of hydrogen-bond acceptors (Lipinski definition) is 6. The van der Waals surface area contributed by atoms with Crippen LogP contribution in [-0.4, -0.2) is 37.2 Å². The number of rotatable bonds is 64. The monoisotopic (exact) mass is 1140 g/mol. The van der Waals surface area contributed by atoms with Gasteiger partial charge in [0.05, 0.1) is 0 Å². The van der Waals surface area contributed by atoms with Gasteiger partial charge in [-0.05, 0) is 116 Å². The summed E-state index contributed by atoms with van der Waals surface area (Å²) in [5.41, 5.74) is 0. The van der Waals surface area contributed by atoms with Crippen molar-refractivity contribution in [2.24, 2.45) is 0 Å². The first kappa shape index (κ1) is 78.3. The van der Waals surface area contributed by atoms with Gasteiger partial charge in [-0.1, -0.05) is 311 Å². The Morgan fingerprint density at radius 1 is 0.256 bits per heavy atom. The Balaban J connectivity index is 4.29. The molecule has 0 bridgehead atoms. The van der Waals surface area contributed by atoms with Crippen molar-refractivity contribution in [3.05, 3.63) is 97.2 Å². The SMILES string of the molecule is CC/C=C\C/C=C\C/C=C\C/C=C\CCCCCCCCCCCCCCCCC(=O)OCC(COC(=O)CCCCCCC/C=C\C/C=C\CCCC)OC(=O)CCCCCCCCCCCCC/C=C\C/C=C\CCCCCCC. The topological polar surface area (TPSA) is 78.9 Å². The van der Waals surface area contributed by atoms with Crippen LogP contribution in [0, 0.1) is 0 Å². The number of carbonyl (C=O) groups excluding carboxylic acids is 3. The lowest BCUT2D eigenvalue weighted by Crippen LogP contribution is -2.30. The molecule has 0 saturated heterocycles. The molecule has 0 aromatic carbocycles. The molecule has 472 valence electrons. The van der Waals surface area contributed by atoms with Crippen LogP contribution in [0.4, 0.5) is 0 Å². The molecule has 6 nitrogen and oxygen atoms in total. The van der Waals surface area contributed by atoms with Crippen molar-refractivity contribution in [1.29, 1.82) is 0 Å². The van der Waals surface area contributed by atoms with E-state index in [1.54, 1.807) is 0 Å². The molecule has 0 rings (SSSR count). The van der Waals surface area contributed by atoms with Gasteiger partial charge in [-0.3, -0.25) is 14.4 Å². The van der Waals surface area contributed by atoms with Gasteiger partial charge >= 0.3 is 17.9 Å². The minimum absolute atomic E-state index is 0.0810. The fraction of sp³-hybridized carbons (Fsp3) is 0.750. The van der Waals surface area contributed by atoms with Crippen molar-refractivity contribution < 1.29 is 28.6 Å². The molecule has 0 aliphatic rings. The Kier molecular flexibility index (Phi) is 66.7. The maximum Gasteiger partial charge on any atom is 0.306 e. The van der Waals surface area contributed by atoms with Gasteiger partial charge in [0.15, 0.2) is 6.10 Å². The van der Waals surface area contributed by atoms with Crippen LogP contribution in [0.3, 0.4) is 0 Å². The molecule has 0 radical (unpaired) electrons. The molecule has 0 aliphatic carbocycles. The standard InChI is InChI=1S/C76H132O6/c1-4-7-10-13-16-19-22-25-28-30-32-34-36-37-38-39-41-42-44-46-48-51-54-57-60-63-66-69-75(78)81-72-73(71-80-74(77)68-65-62-59-56-53-50-27-24-21-18-15-12-9-6-3)82-76(79)70-67-64-61-58-55-52-49-47-45-43-40-35-33-31-29-26-23-20-17-14-11-8-5-2/h7,10,15-16,18-19,23-28,31-34,73H,4-6,8-9,11-14,17,20-22,29-30,35-72H2,1-3H3/b10-7-,18-15-,19-16-,26-23-,27-24-,28-25-,33-31-,34-32-. The molecular weight excluding hydrogens is 1010 g/mol. The molecule has 0 spiro atoms. The minimum atomic E-state index is -0.786. The number of unbranched alkanes of at least 4 members (excludes halogenated alkanes) is 37. The molecule has 1 unspecified atom stereocenters. The first-order valence-corrected chi connectivity index (χ1v) is 35.2. The van der Waals surface area contributed by atoms with E-state index in [2.05, 4.69) is 118 Å². The highest BCUT2D eigenvalue weighted by Gasteiger charge is 2.19. The van der Waals surface area contributed by atoms with Gasteiger partial charge in [0, 0.05) is 19.3 Å². The van der Waals surface area contributed by atoms with Gasteiger partial charge in [0.2, 0.25) is 0 Å². The summed E-state index contributed by atoms with van der Waals surface area (Å²) in [5.74, 6) is -0.882. The van der Waals surface area contributed by atoms with E-state index in [0.29, 0.717) is 19.3 Å². The zero-order valence-electron chi connectivity index (χ0n) is 54.2. The molecule has 0 aromatic rings. The predicted octanol–water partition coefficient (Wildman–Crippen LogP) is 24.4. The van der Waals surface area contributed by atoms with Crippen LogP contribution in [0.5, 0.6) is 0 Å². The fourth-order valence-electron chi connectivity index (χ4n) is 10.0. The molecule has 0 saturated carbocycles. The number of allylic oxidation sites excluding steroid dienone is 16. The van der Waals surface area contributed by atoms with E-state index in [9.17, 15) is 14.4 Å². The first-order valence-electron chi connectivity index (χ1n) is 35.2. The lowest BCUT2D eigenvalue weighted by atomic mass is 10.0. The van der Waals surface area contributed by atoms with Crippen LogP contribution in [0.2, 0.25) is 0 Å². The van der Waals surface area contributed by atoms with E-state index >= 15 is 0 Å². The van der Waals surface area contributed by atoms with E-state index in [0.717, 1.165) is 109 Å². The average molecular weight is 1140 g/mol. The second kappa shape index (κ2) is 69.8. The Hall–Kier alpha value is -3.67. The summed E-state index contributed by atoms with van der Waals surface area (Å²) in [4.78, 5) is 38.4. The van der Waals surface area contributed by atoms with Crippen molar-refractivity contribution in [1.82, 2.24) is 0 Å². The Morgan fingerprint density at radius 3 is 0.780 bits per heavy atom. The lowest BCUT2D eigenvalue weighted by molar-refractivity contribution is -0.167. The van der Waals surface area contributed by atoms with Gasteiger partial charge in [-0.15, -0.1) is 0 Å². The van der Waals surface area contributed by atoms with Crippen LogP contribution >= 0.6 is 0 Å². The third-order valence-corrected chi connectivity index (χ3v) is 15.3. The normalized spacial score (nSPS) is 12.7. The summed E-state index contributed by atoms with van der Waals surface area (Å²) >= 11 is 0. The van der Waals surface area contributed by atoms with Crippen LogP contribution in [0.25, 0.3) is 0 Å². The van der Waals surface area contributed by atoms with Crippen molar-refractivity contribution >= 4 is 17.9 Å². The highest BCUT2D eigenvalue weighted by Crippen LogP contribution is 2.17. The smallest absolute Gasteiger partial charge is 0.306 e. The Labute approximate surface area is 508 Å². The highest BCUT2D eigenvalue weighted by atomic mass is 16.6. The fourth-order valence-corrected chi connectivity index (χ4v) is 10.0. The van der Waals surface area contributed by atoms with Gasteiger partial charge in [0.1, 0.15) is 13.2 Å². The van der Waals surface area contributed by atoms with Gasteiger partial charge < -0.3 is 14.2 Å². The third kappa shape index (κ3) is 67.1. The van der Waals surface area contributed by atoms with Gasteiger partial charge in [-0.25, -0.2) is 0 Å². The number of carbonyl (C=O) groups is 3. The van der Waals surface area contributed by atoms with Crippen LogP contribution < -0.4 is 0 Å². The van der Waals surface area contributed by atoms with Crippen molar-refractivity contribution in [2.45, 2.75) is 354 Å². The largest absolute Gasteiger partial charge is 0.462 e. The van der Waals surface area contributed by atoms with E-state index in [-0.39, 0.29) is 31.1 Å².